The highest BCUT2D eigenvalue weighted by atomic mass is 16.5. The number of hydrogen-bond acceptors (Lipinski definition) is 2. The largest absolute Gasteiger partial charge is 0.496 e. The van der Waals surface area contributed by atoms with Crippen LogP contribution in [-0.4, -0.2) is 7.11 Å². The number of benzene rings is 2. The second kappa shape index (κ2) is 6.28. The number of rotatable bonds is 5. The maximum Gasteiger partial charge on any atom is 0.123 e. The lowest BCUT2D eigenvalue weighted by molar-refractivity contribution is 0.410. The molecule has 0 aromatic heterocycles. The van der Waals surface area contributed by atoms with Gasteiger partial charge in [-0.1, -0.05) is 36.8 Å². The van der Waals surface area contributed by atoms with Crippen LogP contribution in [0.15, 0.2) is 42.5 Å². The first-order valence-electron chi connectivity index (χ1n) is 6.69. The van der Waals surface area contributed by atoms with Crippen molar-refractivity contribution in [3.63, 3.8) is 0 Å². The summed E-state index contributed by atoms with van der Waals surface area (Å²) in [6, 6.07) is 14.8. The smallest absolute Gasteiger partial charge is 0.123 e. The Bertz CT molecular complexity index is 549. The van der Waals surface area contributed by atoms with Gasteiger partial charge in [0.2, 0.25) is 0 Å². The Morgan fingerprint density at radius 2 is 1.95 bits per heavy atom. The molecule has 0 bridgehead atoms. The average molecular weight is 255 g/mol. The zero-order valence-corrected chi connectivity index (χ0v) is 11.9. The maximum atomic E-state index is 5.39. The molecule has 2 heteroatoms. The predicted octanol–water partition coefficient (Wildman–Crippen LogP) is 4.18. The number of hydrogen-bond donors (Lipinski definition) is 1. The molecular formula is C17H21NO. The quantitative estimate of drug-likeness (QED) is 0.865. The van der Waals surface area contributed by atoms with Crippen LogP contribution in [0.25, 0.3) is 0 Å². The van der Waals surface area contributed by atoms with Crippen molar-refractivity contribution < 1.29 is 4.74 Å². The molecule has 0 radical (unpaired) electrons. The summed E-state index contributed by atoms with van der Waals surface area (Å²) in [7, 11) is 1.71. The van der Waals surface area contributed by atoms with Crippen molar-refractivity contribution in [2.24, 2.45) is 0 Å². The molecule has 1 N–H and O–H groups in total. The zero-order valence-electron chi connectivity index (χ0n) is 11.9. The van der Waals surface area contributed by atoms with Gasteiger partial charge in [-0.3, -0.25) is 0 Å². The molecule has 0 fully saturated rings. The monoisotopic (exact) mass is 255 g/mol. The Labute approximate surface area is 115 Å². The van der Waals surface area contributed by atoms with Gasteiger partial charge in [-0.25, -0.2) is 0 Å². The van der Waals surface area contributed by atoms with E-state index in [1.165, 1.54) is 16.7 Å². The van der Waals surface area contributed by atoms with Gasteiger partial charge in [-0.05, 0) is 37.1 Å². The van der Waals surface area contributed by atoms with Crippen LogP contribution in [0.2, 0.25) is 0 Å². The van der Waals surface area contributed by atoms with E-state index >= 15 is 0 Å². The Morgan fingerprint density at radius 1 is 1.11 bits per heavy atom. The van der Waals surface area contributed by atoms with Gasteiger partial charge in [-0.15, -0.1) is 0 Å². The summed E-state index contributed by atoms with van der Waals surface area (Å²) in [4.78, 5) is 0. The Kier molecular flexibility index (Phi) is 4.45. The van der Waals surface area contributed by atoms with Crippen molar-refractivity contribution in [3.8, 4) is 5.75 Å². The van der Waals surface area contributed by atoms with Crippen LogP contribution < -0.4 is 10.1 Å². The van der Waals surface area contributed by atoms with Crippen LogP contribution >= 0.6 is 0 Å². The molecule has 2 rings (SSSR count). The summed E-state index contributed by atoms with van der Waals surface area (Å²) in [5, 5.41) is 3.46. The summed E-state index contributed by atoms with van der Waals surface area (Å²) in [6.07, 6.45) is 1.06. The molecule has 2 aromatic rings. The fourth-order valence-corrected chi connectivity index (χ4v) is 2.14. The minimum atomic E-state index is 0.776. The lowest BCUT2D eigenvalue weighted by Crippen LogP contribution is -2.02. The molecule has 100 valence electrons. The van der Waals surface area contributed by atoms with Crippen LogP contribution in [0.5, 0.6) is 5.75 Å². The number of ether oxygens (including phenoxy) is 1. The molecule has 0 spiro atoms. The first-order chi connectivity index (χ1) is 9.22. The number of anilines is 1. The second-order valence-corrected chi connectivity index (χ2v) is 4.72. The van der Waals surface area contributed by atoms with Crippen molar-refractivity contribution in [1.82, 2.24) is 0 Å². The average Bonchev–Trinajstić information content (AvgIpc) is 2.45. The van der Waals surface area contributed by atoms with E-state index in [0.29, 0.717) is 0 Å². The maximum absolute atomic E-state index is 5.39. The second-order valence-electron chi connectivity index (χ2n) is 4.72. The lowest BCUT2D eigenvalue weighted by atomic mass is 10.1. The topological polar surface area (TPSA) is 21.3 Å². The van der Waals surface area contributed by atoms with Gasteiger partial charge in [0.05, 0.1) is 7.11 Å². The van der Waals surface area contributed by atoms with E-state index in [9.17, 15) is 0 Å². The number of aryl methyl sites for hydroxylation is 2. The van der Waals surface area contributed by atoms with Gasteiger partial charge < -0.3 is 10.1 Å². The van der Waals surface area contributed by atoms with Crippen molar-refractivity contribution in [2.45, 2.75) is 26.8 Å². The van der Waals surface area contributed by atoms with Gasteiger partial charge in [0.15, 0.2) is 0 Å². The summed E-state index contributed by atoms with van der Waals surface area (Å²) >= 11 is 0. The molecule has 0 saturated heterocycles. The standard InChI is InChI=1S/C17H21NO/c1-4-14-6-5-7-16(11-14)18-12-15-10-13(2)8-9-17(15)19-3/h5-11,18H,4,12H2,1-3H3. The Balaban J connectivity index is 2.11. The minimum absolute atomic E-state index is 0.776. The third kappa shape index (κ3) is 3.50. The van der Waals surface area contributed by atoms with Crippen molar-refractivity contribution in [3.05, 3.63) is 59.2 Å². The van der Waals surface area contributed by atoms with Gasteiger partial charge in [0.25, 0.3) is 0 Å². The Hall–Kier alpha value is -1.96. The van der Waals surface area contributed by atoms with E-state index in [4.69, 9.17) is 4.74 Å². The summed E-state index contributed by atoms with van der Waals surface area (Å²) in [5.41, 5.74) is 4.94. The molecule has 0 aliphatic rings. The SMILES string of the molecule is CCc1cccc(NCc2cc(C)ccc2OC)c1. The third-order valence-corrected chi connectivity index (χ3v) is 3.25. The first kappa shape index (κ1) is 13.5. The fraction of sp³-hybridized carbons (Fsp3) is 0.294. The van der Waals surface area contributed by atoms with Gasteiger partial charge in [0.1, 0.15) is 5.75 Å². The molecular weight excluding hydrogens is 234 g/mol. The van der Waals surface area contributed by atoms with Gasteiger partial charge >= 0.3 is 0 Å². The molecule has 2 aromatic carbocycles. The van der Waals surface area contributed by atoms with E-state index in [1.54, 1.807) is 7.11 Å². The van der Waals surface area contributed by atoms with E-state index in [1.807, 2.05) is 6.07 Å². The molecule has 19 heavy (non-hydrogen) atoms. The molecule has 0 atom stereocenters. The minimum Gasteiger partial charge on any atom is -0.496 e. The molecule has 0 saturated carbocycles. The van der Waals surface area contributed by atoms with Crippen LogP contribution in [0.3, 0.4) is 0 Å². The highest BCUT2D eigenvalue weighted by Crippen LogP contribution is 2.21. The highest BCUT2D eigenvalue weighted by Gasteiger charge is 2.03. The van der Waals surface area contributed by atoms with E-state index in [2.05, 4.69) is 55.6 Å². The molecule has 0 aliphatic heterocycles. The molecule has 0 heterocycles. The summed E-state index contributed by atoms with van der Waals surface area (Å²) in [5.74, 6) is 0.935. The molecule has 0 amide bonds. The zero-order chi connectivity index (χ0) is 13.7. The van der Waals surface area contributed by atoms with Crippen LogP contribution in [-0.2, 0) is 13.0 Å². The first-order valence-corrected chi connectivity index (χ1v) is 6.69. The van der Waals surface area contributed by atoms with Crippen molar-refractivity contribution >= 4 is 5.69 Å². The number of nitrogens with one attached hydrogen (secondary N) is 1. The van der Waals surface area contributed by atoms with Crippen LogP contribution in [0, 0.1) is 6.92 Å². The third-order valence-electron chi connectivity index (χ3n) is 3.25. The normalized spacial score (nSPS) is 10.3. The van der Waals surface area contributed by atoms with Crippen molar-refractivity contribution in [1.29, 1.82) is 0 Å². The van der Waals surface area contributed by atoms with Crippen LogP contribution in [0.4, 0.5) is 5.69 Å². The van der Waals surface area contributed by atoms with E-state index in [0.717, 1.165) is 24.4 Å². The summed E-state index contributed by atoms with van der Waals surface area (Å²) < 4.78 is 5.39. The molecule has 2 nitrogen and oxygen atoms in total. The summed E-state index contributed by atoms with van der Waals surface area (Å²) in [6.45, 7) is 5.04. The molecule has 0 unspecified atom stereocenters. The van der Waals surface area contributed by atoms with E-state index in [-0.39, 0.29) is 0 Å². The highest BCUT2D eigenvalue weighted by molar-refractivity contribution is 5.48. The predicted molar refractivity (Wildman–Crippen MR) is 80.9 cm³/mol. The van der Waals surface area contributed by atoms with Crippen LogP contribution in [0.1, 0.15) is 23.6 Å². The van der Waals surface area contributed by atoms with Crippen molar-refractivity contribution in [2.75, 3.05) is 12.4 Å². The number of methoxy groups -OCH3 is 1. The van der Waals surface area contributed by atoms with Gasteiger partial charge in [0, 0.05) is 17.8 Å². The lowest BCUT2D eigenvalue weighted by Gasteiger charge is -2.12. The fourth-order valence-electron chi connectivity index (χ4n) is 2.14. The van der Waals surface area contributed by atoms with Gasteiger partial charge in [-0.2, -0.15) is 0 Å². The Morgan fingerprint density at radius 3 is 2.68 bits per heavy atom. The molecule has 0 aliphatic carbocycles. The van der Waals surface area contributed by atoms with E-state index < -0.39 is 0 Å².